The number of rotatable bonds is 6. The number of pyridine rings is 1. The number of aromatic nitrogens is 4. The zero-order chi connectivity index (χ0) is 25.4. The fourth-order valence-corrected chi connectivity index (χ4v) is 4.17. The van der Waals surface area contributed by atoms with E-state index in [1.54, 1.807) is 29.2 Å². The van der Waals surface area contributed by atoms with Crippen molar-refractivity contribution in [1.29, 1.82) is 0 Å². The highest BCUT2D eigenvalue weighted by Crippen LogP contribution is 2.36. The molecular weight excluding hydrogens is 499 g/mol. The average molecular weight is 520 g/mol. The molecule has 3 aromatic rings. The monoisotopic (exact) mass is 519 g/mol. The second kappa shape index (κ2) is 9.51. The standard InChI is InChI=1S/C23H21ClF3N7O2/c24-17-5-4-14(7-16(17)23(25,26)27)30-22(36)18-8-15(10-28-18)34-11-19(32-33-34)13-3-6-20(29-9-13)31-21(35)12-1-2-12/h3-7,9,11-12,15,18,28H,1-2,8,10H2,(H,30,36)(H,29,31,35)/t15-,18-/m0/s1. The molecule has 13 heteroatoms. The summed E-state index contributed by atoms with van der Waals surface area (Å²) in [5.41, 5.74) is 0.293. The van der Waals surface area contributed by atoms with Gasteiger partial charge < -0.3 is 16.0 Å². The molecule has 3 heterocycles. The van der Waals surface area contributed by atoms with Gasteiger partial charge in [-0.25, -0.2) is 9.67 Å². The van der Waals surface area contributed by atoms with Crippen molar-refractivity contribution in [2.24, 2.45) is 5.92 Å². The minimum atomic E-state index is -4.63. The molecule has 1 aliphatic carbocycles. The summed E-state index contributed by atoms with van der Waals surface area (Å²) < 4.78 is 40.9. The quantitative estimate of drug-likeness (QED) is 0.455. The number of nitrogens with one attached hydrogen (secondary N) is 3. The van der Waals surface area contributed by atoms with Crippen LogP contribution in [0.2, 0.25) is 5.02 Å². The zero-order valence-corrected chi connectivity index (χ0v) is 19.5. The summed E-state index contributed by atoms with van der Waals surface area (Å²) in [5, 5.41) is 16.3. The van der Waals surface area contributed by atoms with Gasteiger partial charge in [-0.1, -0.05) is 16.8 Å². The fraction of sp³-hybridized carbons (Fsp3) is 0.348. The van der Waals surface area contributed by atoms with Crippen LogP contribution in [0, 0.1) is 5.92 Å². The minimum absolute atomic E-state index is 0.00860. The van der Waals surface area contributed by atoms with Crippen LogP contribution in [0.25, 0.3) is 11.3 Å². The lowest BCUT2D eigenvalue weighted by Crippen LogP contribution is -2.35. The molecule has 2 aliphatic rings. The van der Waals surface area contributed by atoms with E-state index in [0.29, 0.717) is 30.0 Å². The number of halogens is 4. The number of alkyl halides is 3. The third kappa shape index (κ3) is 5.34. The minimum Gasteiger partial charge on any atom is -0.325 e. The predicted octanol–water partition coefficient (Wildman–Crippen LogP) is 3.90. The molecule has 0 unspecified atom stereocenters. The summed E-state index contributed by atoms with van der Waals surface area (Å²) in [6, 6.07) is 5.92. The average Bonchev–Trinajstić information content (AvgIpc) is 3.37. The van der Waals surface area contributed by atoms with Crippen LogP contribution in [0.15, 0.2) is 42.7 Å². The van der Waals surface area contributed by atoms with Crippen LogP contribution in [0.1, 0.15) is 30.9 Å². The molecule has 1 aliphatic heterocycles. The van der Waals surface area contributed by atoms with Crippen molar-refractivity contribution in [3.63, 3.8) is 0 Å². The van der Waals surface area contributed by atoms with Gasteiger partial charge in [-0.05, 0) is 49.6 Å². The summed E-state index contributed by atoms with van der Waals surface area (Å²) in [6.07, 6.45) is 0.901. The van der Waals surface area contributed by atoms with E-state index in [4.69, 9.17) is 11.6 Å². The molecule has 2 amide bonds. The lowest BCUT2D eigenvalue weighted by atomic mass is 10.1. The number of hydrogen-bond acceptors (Lipinski definition) is 6. The van der Waals surface area contributed by atoms with Crippen molar-refractivity contribution in [3.8, 4) is 11.3 Å². The Labute approximate surface area is 208 Å². The van der Waals surface area contributed by atoms with E-state index in [0.717, 1.165) is 25.0 Å². The van der Waals surface area contributed by atoms with E-state index in [1.165, 1.54) is 6.07 Å². The Bertz CT molecular complexity index is 1290. The van der Waals surface area contributed by atoms with Crippen molar-refractivity contribution < 1.29 is 22.8 Å². The Balaban J connectivity index is 1.19. The topological polar surface area (TPSA) is 114 Å². The van der Waals surface area contributed by atoms with Gasteiger partial charge in [0.1, 0.15) is 11.5 Å². The summed E-state index contributed by atoms with van der Waals surface area (Å²) >= 11 is 5.64. The largest absolute Gasteiger partial charge is 0.417 e. The number of hydrogen-bond donors (Lipinski definition) is 3. The number of benzene rings is 1. The lowest BCUT2D eigenvalue weighted by molar-refractivity contribution is -0.137. The second-order valence-electron chi connectivity index (χ2n) is 8.81. The molecule has 3 N–H and O–H groups in total. The van der Waals surface area contributed by atoms with Crippen LogP contribution >= 0.6 is 11.6 Å². The molecule has 0 bridgehead atoms. The van der Waals surface area contributed by atoms with Gasteiger partial charge in [-0.2, -0.15) is 13.2 Å². The maximum absolute atomic E-state index is 13.1. The van der Waals surface area contributed by atoms with Crippen molar-refractivity contribution >= 4 is 34.9 Å². The van der Waals surface area contributed by atoms with E-state index in [1.807, 2.05) is 0 Å². The van der Waals surface area contributed by atoms with Crippen molar-refractivity contribution in [1.82, 2.24) is 25.3 Å². The maximum Gasteiger partial charge on any atom is 0.417 e. The first kappa shape index (κ1) is 24.2. The molecule has 5 rings (SSSR count). The Morgan fingerprint density at radius 1 is 1.11 bits per heavy atom. The third-order valence-electron chi connectivity index (χ3n) is 6.11. The van der Waals surface area contributed by atoms with Crippen LogP contribution in [-0.2, 0) is 15.8 Å². The predicted molar refractivity (Wildman–Crippen MR) is 125 cm³/mol. The molecule has 9 nitrogen and oxygen atoms in total. The molecule has 2 fully saturated rings. The third-order valence-corrected chi connectivity index (χ3v) is 6.44. The summed E-state index contributed by atoms with van der Waals surface area (Å²) in [4.78, 5) is 28.8. The highest BCUT2D eigenvalue weighted by Gasteiger charge is 2.35. The van der Waals surface area contributed by atoms with Gasteiger partial charge in [0.2, 0.25) is 11.8 Å². The molecule has 2 aromatic heterocycles. The Hall–Kier alpha value is -3.51. The van der Waals surface area contributed by atoms with Gasteiger partial charge >= 0.3 is 6.18 Å². The molecule has 188 valence electrons. The Morgan fingerprint density at radius 3 is 2.61 bits per heavy atom. The van der Waals surface area contributed by atoms with Crippen molar-refractivity contribution in [2.45, 2.75) is 37.5 Å². The normalized spacial score (nSPS) is 19.8. The number of amides is 2. The molecule has 0 spiro atoms. The van der Waals surface area contributed by atoms with Crippen LogP contribution < -0.4 is 16.0 Å². The maximum atomic E-state index is 13.1. The van der Waals surface area contributed by atoms with E-state index in [9.17, 15) is 22.8 Å². The fourth-order valence-electron chi connectivity index (χ4n) is 3.95. The highest BCUT2D eigenvalue weighted by atomic mass is 35.5. The molecule has 1 aromatic carbocycles. The van der Waals surface area contributed by atoms with E-state index in [-0.39, 0.29) is 23.6 Å². The molecule has 1 saturated heterocycles. The van der Waals surface area contributed by atoms with Crippen molar-refractivity contribution in [2.75, 3.05) is 17.2 Å². The van der Waals surface area contributed by atoms with Gasteiger partial charge in [0, 0.05) is 29.9 Å². The highest BCUT2D eigenvalue weighted by molar-refractivity contribution is 6.31. The number of nitrogens with zero attached hydrogens (tertiary/aromatic N) is 4. The summed E-state index contributed by atoms with van der Waals surface area (Å²) in [7, 11) is 0. The smallest absolute Gasteiger partial charge is 0.325 e. The molecule has 36 heavy (non-hydrogen) atoms. The van der Waals surface area contributed by atoms with Gasteiger partial charge in [0.15, 0.2) is 0 Å². The first-order valence-electron chi connectivity index (χ1n) is 11.3. The van der Waals surface area contributed by atoms with Gasteiger partial charge in [-0.15, -0.1) is 5.10 Å². The van der Waals surface area contributed by atoms with Crippen LogP contribution in [0.4, 0.5) is 24.7 Å². The SMILES string of the molecule is O=C(Nc1ccc(-c2cn([C@@H]3CN[C@H](C(=O)Nc4ccc(Cl)c(C(F)(F)F)c4)C3)nn2)cn1)C1CC1. The molecule has 0 radical (unpaired) electrons. The Morgan fingerprint density at radius 2 is 1.92 bits per heavy atom. The Kier molecular flexibility index (Phi) is 6.39. The van der Waals surface area contributed by atoms with Crippen LogP contribution in [0.3, 0.4) is 0 Å². The zero-order valence-electron chi connectivity index (χ0n) is 18.7. The van der Waals surface area contributed by atoms with Crippen LogP contribution in [0.5, 0.6) is 0 Å². The number of carbonyl (C=O) groups is 2. The molecule has 1 saturated carbocycles. The van der Waals surface area contributed by atoms with E-state index < -0.39 is 28.7 Å². The van der Waals surface area contributed by atoms with E-state index in [2.05, 4.69) is 31.2 Å². The van der Waals surface area contributed by atoms with Gasteiger partial charge in [0.25, 0.3) is 0 Å². The molecule has 2 atom stereocenters. The number of anilines is 2. The van der Waals surface area contributed by atoms with Gasteiger partial charge in [-0.3, -0.25) is 9.59 Å². The lowest BCUT2D eigenvalue weighted by Gasteiger charge is -2.14. The summed E-state index contributed by atoms with van der Waals surface area (Å²) in [6.45, 7) is 0.430. The van der Waals surface area contributed by atoms with E-state index >= 15 is 0 Å². The number of carbonyl (C=O) groups excluding carboxylic acids is 2. The first-order chi connectivity index (χ1) is 17.2. The second-order valence-corrected chi connectivity index (χ2v) is 9.22. The van der Waals surface area contributed by atoms with Gasteiger partial charge in [0.05, 0.1) is 28.9 Å². The first-order valence-corrected chi connectivity index (χ1v) is 11.7. The molecular formula is C23H21ClF3N7O2. The van der Waals surface area contributed by atoms with Crippen LogP contribution in [-0.4, -0.2) is 44.4 Å². The van der Waals surface area contributed by atoms with Crippen molar-refractivity contribution in [3.05, 3.63) is 53.3 Å². The summed E-state index contributed by atoms with van der Waals surface area (Å²) in [5.74, 6) is 0.0764.